The van der Waals surface area contributed by atoms with Crippen LogP contribution in [0.25, 0.3) is 0 Å². The molecule has 0 fully saturated rings. The Morgan fingerprint density at radius 1 is 1.50 bits per heavy atom. The van der Waals surface area contributed by atoms with Crippen LogP contribution >= 0.6 is 34.2 Å². The Morgan fingerprint density at radius 3 is 3.00 bits per heavy atom. The van der Waals surface area contributed by atoms with Crippen molar-refractivity contribution in [2.24, 2.45) is 0 Å². The predicted octanol–water partition coefficient (Wildman–Crippen LogP) is 2.98. The number of ketones is 1. The summed E-state index contributed by atoms with van der Waals surface area (Å²) in [5.41, 5.74) is 0.633. The van der Waals surface area contributed by atoms with E-state index in [1.807, 2.05) is 13.0 Å². The molecule has 4 nitrogen and oxygen atoms in total. The summed E-state index contributed by atoms with van der Waals surface area (Å²) in [5, 5.41) is 4.61. The minimum absolute atomic E-state index is 0.00426. The maximum atomic E-state index is 12.2. The first-order valence-corrected chi connectivity index (χ1v) is 6.92. The Kier molecular flexibility index (Phi) is 4.34. The summed E-state index contributed by atoms with van der Waals surface area (Å²) in [5.74, 6) is 0.683. The molecule has 18 heavy (non-hydrogen) atoms. The molecule has 0 saturated carbocycles. The van der Waals surface area contributed by atoms with Crippen LogP contribution in [-0.2, 0) is 13.0 Å². The highest BCUT2D eigenvalue weighted by atomic mass is 127. The fourth-order valence-electron chi connectivity index (χ4n) is 1.64. The molecule has 6 heteroatoms. The van der Waals surface area contributed by atoms with Gasteiger partial charge in [0.15, 0.2) is 5.78 Å². The molecule has 0 aliphatic carbocycles. The molecule has 0 aliphatic rings. The van der Waals surface area contributed by atoms with Gasteiger partial charge in [-0.25, -0.2) is 9.67 Å². The molecule has 0 atom stereocenters. The zero-order valence-electron chi connectivity index (χ0n) is 9.73. The van der Waals surface area contributed by atoms with E-state index in [4.69, 9.17) is 11.6 Å². The Balaban J connectivity index is 2.25. The van der Waals surface area contributed by atoms with E-state index in [0.717, 1.165) is 3.57 Å². The molecule has 1 aromatic carbocycles. The number of carbonyl (C=O) groups excluding carboxylic acids is 1. The third-order valence-corrected chi connectivity index (χ3v) is 3.72. The number of halogens is 2. The zero-order valence-corrected chi connectivity index (χ0v) is 12.6. The van der Waals surface area contributed by atoms with E-state index in [9.17, 15) is 4.79 Å². The first kappa shape index (κ1) is 13.5. The Morgan fingerprint density at radius 2 is 2.28 bits per heavy atom. The minimum atomic E-state index is 0.00426. The van der Waals surface area contributed by atoms with Crippen LogP contribution < -0.4 is 0 Å². The van der Waals surface area contributed by atoms with Gasteiger partial charge >= 0.3 is 0 Å². The van der Waals surface area contributed by atoms with Crippen LogP contribution in [0.5, 0.6) is 0 Å². The molecule has 0 bridgehead atoms. The fraction of sp³-hybridized carbons (Fsp3) is 0.250. The summed E-state index contributed by atoms with van der Waals surface area (Å²) in [6.07, 6.45) is 1.71. The summed E-state index contributed by atoms with van der Waals surface area (Å²) < 4.78 is 2.61. The Bertz CT molecular complexity index is 582. The van der Waals surface area contributed by atoms with Gasteiger partial charge < -0.3 is 0 Å². The van der Waals surface area contributed by atoms with E-state index in [0.29, 0.717) is 23.0 Å². The largest absolute Gasteiger partial charge is 0.294 e. The van der Waals surface area contributed by atoms with Gasteiger partial charge in [-0.1, -0.05) is 11.6 Å². The molecule has 0 amide bonds. The normalized spacial score (nSPS) is 10.6. The van der Waals surface area contributed by atoms with Crippen LogP contribution in [0.4, 0.5) is 0 Å². The number of benzene rings is 1. The lowest BCUT2D eigenvalue weighted by Gasteiger charge is -2.05. The van der Waals surface area contributed by atoms with Crippen molar-refractivity contribution in [1.82, 2.24) is 14.8 Å². The number of rotatable bonds is 4. The van der Waals surface area contributed by atoms with Crippen molar-refractivity contribution >= 4 is 40.0 Å². The summed E-state index contributed by atoms with van der Waals surface area (Å²) in [6, 6.07) is 5.30. The number of hydrogen-bond donors (Lipinski definition) is 0. The van der Waals surface area contributed by atoms with Crippen LogP contribution in [0.3, 0.4) is 0 Å². The molecular weight excluding hydrogens is 365 g/mol. The maximum Gasteiger partial charge on any atom is 0.171 e. The number of carbonyl (C=O) groups is 1. The number of hydrogen-bond acceptors (Lipinski definition) is 3. The van der Waals surface area contributed by atoms with Crippen molar-refractivity contribution in [1.29, 1.82) is 0 Å². The van der Waals surface area contributed by atoms with Gasteiger partial charge in [0.25, 0.3) is 0 Å². The summed E-state index contributed by atoms with van der Waals surface area (Å²) in [7, 11) is 0. The van der Waals surface area contributed by atoms with Crippen molar-refractivity contribution in [3.63, 3.8) is 0 Å². The Hall–Kier alpha value is -0.950. The van der Waals surface area contributed by atoms with Crippen LogP contribution in [0.1, 0.15) is 23.1 Å². The highest BCUT2D eigenvalue weighted by molar-refractivity contribution is 14.1. The van der Waals surface area contributed by atoms with Gasteiger partial charge in [-0.15, -0.1) is 0 Å². The van der Waals surface area contributed by atoms with Crippen LogP contribution in [-0.4, -0.2) is 20.5 Å². The standard InChI is InChI=1S/C12H11ClIN3O/c1-2-17-12(15-7-16-17)6-11(18)9-5-8(13)3-4-10(9)14/h3-5,7H,2,6H2,1H3. The lowest BCUT2D eigenvalue weighted by Crippen LogP contribution is -2.11. The van der Waals surface area contributed by atoms with E-state index in [1.165, 1.54) is 6.33 Å². The van der Waals surface area contributed by atoms with Crippen LogP contribution in [0.2, 0.25) is 5.02 Å². The van der Waals surface area contributed by atoms with Gasteiger partial charge in [0.05, 0.1) is 6.42 Å². The monoisotopic (exact) mass is 375 g/mol. The van der Waals surface area contributed by atoms with E-state index in [-0.39, 0.29) is 12.2 Å². The molecule has 1 heterocycles. The third-order valence-electron chi connectivity index (χ3n) is 2.54. The highest BCUT2D eigenvalue weighted by Gasteiger charge is 2.14. The quantitative estimate of drug-likeness (QED) is 0.610. The topological polar surface area (TPSA) is 47.8 Å². The van der Waals surface area contributed by atoms with Crippen LogP contribution in [0.15, 0.2) is 24.5 Å². The molecule has 0 unspecified atom stereocenters. The lowest BCUT2D eigenvalue weighted by atomic mass is 10.1. The Labute approximate surface area is 124 Å². The minimum Gasteiger partial charge on any atom is -0.294 e. The zero-order chi connectivity index (χ0) is 13.1. The second-order valence-electron chi connectivity index (χ2n) is 3.72. The van der Waals surface area contributed by atoms with Gasteiger partial charge in [0.1, 0.15) is 12.2 Å². The average molecular weight is 376 g/mol. The van der Waals surface area contributed by atoms with E-state index >= 15 is 0 Å². The number of aromatic nitrogens is 3. The summed E-state index contributed by atoms with van der Waals surface area (Å²) in [6.45, 7) is 2.67. The van der Waals surface area contributed by atoms with Crippen molar-refractivity contribution < 1.29 is 4.79 Å². The van der Waals surface area contributed by atoms with Crippen molar-refractivity contribution in [3.8, 4) is 0 Å². The number of nitrogens with zero attached hydrogens (tertiary/aromatic N) is 3. The molecule has 94 valence electrons. The molecule has 2 aromatic rings. The fourth-order valence-corrected chi connectivity index (χ4v) is 2.45. The van der Waals surface area contributed by atoms with Crippen molar-refractivity contribution in [3.05, 3.63) is 44.5 Å². The summed E-state index contributed by atoms with van der Waals surface area (Å²) >= 11 is 8.04. The molecule has 0 radical (unpaired) electrons. The average Bonchev–Trinajstić information content (AvgIpc) is 2.79. The molecule has 1 aromatic heterocycles. The molecule has 0 N–H and O–H groups in total. The van der Waals surface area contributed by atoms with Gasteiger partial charge in [-0.2, -0.15) is 5.10 Å². The number of Topliss-reactive ketones (excluding diaryl/α,β-unsaturated/α-hetero) is 1. The first-order valence-electron chi connectivity index (χ1n) is 5.46. The van der Waals surface area contributed by atoms with Gasteiger partial charge in [0.2, 0.25) is 0 Å². The van der Waals surface area contributed by atoms with Gasteiger partial charge in [-0.3, -0.25) is 4.79 Å². The molecule has 0 saturated heterocycles. The van der Waals surface area contributed by atoms with Gasteiger partial charge in [-0.05, 0) is 47.7 Å². The third kappa shape index (κ3) is 2.89. The van der Waals surface area contributed by atoms with Crippen molar-refractivity contribution in [2.75, 3.05) is 0 Å². The molecule has 0 spiro atoms. The lowest BCUT2D eigenvalue weighted by molar-refractivity contribution is 0.0988. The van der Waals surface area contributed by atoms with Crippen LogP contribution in [0, 0.1) is 3.57 Å². The highest BCUT2D eigenvalue weighted by Crippen LogP contribution is 2.19. The second-order valence-corrected chi connectivity index (χ2v) is 5.31. The molecule has 2 rings (SSSR count). The van der Waals surface area contributed by atoms with Gasteiger partial charge in [0, 0.05) is 20.7 Å². The SMILES string of the molecule is CCn1ncnc1CC(=O)c1cc(Cl)ccc1I. The maximum absolute atomic E-state index is 12.2. The van der Waals surface area contributed by atoms with E-state index in [1.54, 1.807) is 16.8 Å². The predicted molar refractivity (Wildman–Crippen MR) is 77.9 cm³/mol. The van der Waals surface area contributed by atoms with Crippen molar-refractivity contribution in [2.45, 2.75) is 19.9 Å². The summed E-state index contributed by atoms with van der Waals surface area (Å²) in [4.78, 5) is 16.3. The molecular formula is C12H11ClIN3O. The molecule has 0 aliphatic heterocycles. The smallest absolute Gasteiger partial charge is 0.171 e. The first-order chi connectivity index (χ1) is 8.61. The number of aryl methyl sites for hydroxylation is 1. The van der Waals surface area contributed by atoms with E-state index in [2.05, 4.69) is 32.7 Å². The van der Waals surface area contributed by atoms with E-state index < -0.39 is 0 Å². The second kappa shape index (κ2) is 5.79.